The van der Waals surface area contributed by atoms with E-state index in [4.69, 9.17) is 5.41 Å². The van der Waals surface area contributed by atoms with E-state index in [0.29, 0.717) is 12.8 Å². The Labute approximate surface area is 52.7 Å². The van der Waals surface area contributed by atoms with Crippen molar-refractivity contribution < 1.29 is 5.03 Å². The summed E-state index contributed by atoms with van der Waals surface area (Å²) in [5, 5.41) is 15.7. The molecule has 0 spiro atoms. The lowest BCUT2D eigenvalue weighted by molar-refractivity contribution is -0.525. The number of amidine groups is 1. The first-order chi connectivity index (χ1) is 4.16. The summed E-state index contributed by atoms with van der Waals surface area (Å²) in [5.74, 6) is -0.102. The van der Waals surface area contributed by atoms with Crippen molar-refractivity contribution in [2.45, 2.75) is 12.8 Å². The van der Waals surface area contributed by atoms with E-state index >= 15 is 0 Å². The molecule has 0 bridgehead atoms. The summed E-state index contributed by atoms with van der Waals surface area (Å²) in [6.45, 7) is 3.43. The molecule has 0 saturated carbocycles. The summed E-state index contributed by atoms with van der Waals surface area (Å²) in [5.41, 5.74) is 1.71. The third kappa shape index (κ3) is 4.73. The first-order valence-corrected chi connectivity index (χ1v) is 2.44. The zero-order valence-electron chi connectivity index (χ0n) is 4.89. The van der Waals surface area contributed by atoms with Crippen LogP contribution in [0.25, 0.3) is 0 Å². The van der Waals surface area contributed by atoms with Crippen molar-refractivity contribution in [1.82, 2.24) is 5.43 Å². The summed E-state index contributed by atoms with van der Waals surface area (Å²) >= 11 is 0. The van der Waals surface area contributed by atoms with Crippen molar-refractivity contribution >= 4 is 5.84 Å². The van der Waals surface area contributed by atoms with Crippen molar-refractivity contribution in [3.05, 3.63) is 17.0 Å². The molecule has 5 heteroatoms. The van der Waals surface area contributed by atoms with Crippen LogP contribution < -0.4 is 5.43 Å². The molecule has 9 heavy (non-hydrogen) atoms. The van der Waals surface area contributed by atoms with E-state index in [-0.39, 0.29) is 5.84 Å². The van der Waals surface area contributed by atoms with Gasteiger partial charge in [-0.2, -0.15) is 0 Å². The second kappa shape index (κ2) is 3.82. The van der Waals surface area contributed by atoms with Gasteiger partial charge in [-0.25, -0.2) is 10.1 Å². The SMILES string of the molecule is [CH2]CCC(=N)N[N+](=O)[O-]. The van der Waals surface area contributed by atoms with Gasteiger partial charge in [-0.05, 0) is 6.42 Å². The van der Waals surface area contributed by atoms with Gasteiger partial charge in [0.1, 0.15) is 0 Å². The van der Waals surface area contributed by atoms with E-state index in [1.54, 1.807) is 5.43 Å². The van der Waals surface area contributed by atoms with Crippen LogP contribution in [0.15, 0.2) is 0 Å². The number of hydrazine groups is 1. The molecular formula is C4H8N3O2. The van der Waals surface area contributed by atoms with Crippen LogP contribution in [0.4, 0.5) is 0 Å². The Morgan fingerprint density at radius 1 is 1.89 bits per heavy atom. The number of nitrogens with zero attached hydrogens (tertiary/aromatic N) is 1. The fraction of sp³-hybridized carbons (Fsp3) is 0.500. The van der Waals surface area contributed by atoms with Crippen molar-refractivity contribution in [1.29, 1.82) is 5.41 Å². The Bertz CT molecular complexity index is 123. The molecule has 5 nitrogen and oxygen atoms in total. The van der Waals surface area contributed by atoms with Gasteiger partial charge in [-0.15, -0.1) is 0 Å². The van der Waals surface area contributed by atoms with Gasteiger partial charge in [0.25, 0.3) is 0 Å². The molecule has 0 aliphatic rings. The quantitative estimate of drug-likeness (QED) is 0.250. The van der Waals surface area contributed by atoms with Crippen molar-refractivity contribution in [2.75, 3.05) is 0 Å². The summed E-state index contributed by atoms with van der Waals surface area (Å²) in [4.78, 5) is 9.62. The summed E-state index contributed by atoms with van der Waals surface area (Å²) in [7, 11) is 0. The molecule has 0 aromatic rings. The fourth-order valence-electron chi connectivity index (χ4n) is 0.343. The van der Waals surface area contributed by atoms with Gasteiger partial charge in [0.15, 0.2) is 10.9 Å². The second-order valence-corrected chi connectivity index (χ2v) is 1.45. The number of hydrogen-bond donors (Lipinski definition) is 2. The minimum Gasteiger partial charge on any atom is -0.284 e. The number of rotatable bonds is 3. The zero-order valence-corrected chi connectivity index (χ0v) is 4.89. The highest BCUT2D eigenvalue weighted by molar-refractivity contribution is 5.77. The van der Waals surface area contributed by atoms with E-state index in [9.17, 15) is 10.1 Å². The molecule has 0 aromatic carbocycles. The van der Waals surface area contributed by atoms with Gasteiger partial charge in [0.05, 0.1) is 0 Å². The third-order valence-corrected chi connectivity index (χ3v) is 0.653. The minimum absolute atomic E-state index is 0.102. The Hall–Kier alpha value is -1.13. The number of nitro groups is 1. The van der Waals surface area contributed by atoms with Gasteiger partial charge in [0.2, 0.25) is 0 Å². The van der Waals surface area contributed by atoms with E-state index in [0.717, 1.165) is 0 Å². The van der Waals surface area contributed by atoms with Crippen LogP contribution in [-0.2, 0) is 0 Å². The lowest BCUT2D eigenvalue weighted by Gasteiger charge is -1.94. The van der Waals surface area contributed by atoms with Gasteiger partial charge in [-0.3, -0.25) is 5.41 Å². The molecule has 0 unspecified atom stereocenters. The van der Waals surface area contributed by atoms with E-state index in [1.807, 2.05) is 0 Å². The lowest BCUT2D eigenvalue weighted by atomic mass is 10.3. The number of hydrogen-bond acceptors (Lipinski definition) is 3. The molecule has 2 N–H and O–H groups in total. The zero-order chi connectivity index (χ0) is 7.28. The largest absolute Gasteiger partial charge is 0.284 e. The molecule has 0 aromatic heterocycles. The Morgan fingerprint density at radius 2 is 2.44 bits per heavy atom. The Kier molecular flexibility index (Phi) is 3.34. The minimum atomic E-state index is -0.752. The standard InChI is InChI=1S/C4H8N3O2/c1-2-3-4(5)6-7(8)9/h1-3H2,(H2,5,6). The summed E-state index contributed by atoms with van der Waals surface area (Å²) in [6, 6.07) is 0. The molecule has 1 radical (unpaired) electrons. The predicted molar refractivity (Wildman–Crippen MR) is 32.4 cm³/mol. The molecule has 0 saturated heterocycles. The van der Waals surface area contributed by atoms with Crippen LogP contribution in [0, 0.1) is 22.4 Å². The second-order valence-electron chi connectivity index (χ2n) is 1.45. The van der Waals surface area contributed by atoms with E-state index < -0.39 is 5.03 Å². The first kappa shape index (κ1) is 7.87. The Balaban J connectivity index is 3.39. The first-order valence-electron chi connectivity index (χ1n) is 2.44. The molecule has 51 valence electrons. The van der Waals surface area contributed by atoms with Gasteiger partial charge in [0, 0.05) is 6.42 Å². The highest BCUT2D eigenvalue weighted by Crippen LogP contribution is 1.83. The fourth-order valence-corrected chi connectivity index (χ4v) is 0.343. The molecule has 0 heterocycles. The van der Waals surface area contributed by atoms with E-state index in [2.05, 4.69) is 6.92 Å². The smallest absolute Gasteiger partial charge is 0.163 e. The molecule has 0 atom stereocenters. The van der Waals surface area contributed by atoms with Gasteiger partial charge >= 0.3 is 0 Å². The third-order valence-electron chi connectivity index (χ3n) is 0.653. The van der Waals surface area contributed by atoms with Crippen LogP contribution in [0.3, 0.4) is 0 Å². The maximum absolute atomic E-state index is 9.62. The highest BCUT2D eigenvalue weighted by Gasteiger charge is 1.98. The maximum atomic E-state index is 9.62. The summed E-state index contributed by atoms with van der Waals surface area (Å²) in [6.07, 6.45) is 0.820. The lowest BCUT2D eigenvalue weighted by Crippen LogP contribution is -2.28. The van der Waals surface area contributed by atoms with E-state index in [1.165, 1.54) is 0 Å². The van der Waals surface area contributed by atoms with Crippen molar-refractivity contribution in [3.63, 3.8) is 0 Å². The highest BCUT2D eigenvalue weighted by atomic mass is 16.7. The molecule has 0 rings (SSSR count). The average molecular weight is 130 g/mol. The van der Waals surface area contributed by atoms with Gasteiger partial charge < -0.3 is 0 Å². The number of nitrogens with one attached hydrogen (secondary N) is 2. The van der Waals surface area contributed by atoms with Crippen molar-refractivity contribution in [3.8, 4) is 0 Å². The Morgan fingerprint density at radius 3 is 2.78 bits per heavy atom. The normalized spacial score (nSPS) is 8.56. The molecule has 0 aliphatic heterocycles. The van der Waals surface area contributed by atoms with Gasteiger partial charge in [-0.1, -0.05) is 12.3 Å². The van der Waals surface area contributed by atoms with Crippen LogP contribution in [0.5, 0.6) is 0 Å². The van der Waals surface area contributed by atoms with Crippen LogP contribution in [0.1, 0.15) is 12.8 Å². The molecular weight excluding hydrogens is 122 g/mol. The molecule has 0 fully saturated rings. The monoisotopic (exact) mass is 130 g/mol. The van der Waals surface area contributed by atoms with Crippen molar-refractivity contribution in [2.24, 2.45) is 0 Å². The summed E-state index contributed by atoms with van der Waals surface area (Å²) < 4.78 is 0. The maximum Gasteiger partial charge on any atom is 0.163 e. The van der Waals surface area contributed by atoms with Crippen LogP contribution in [0.2, 0.25) is 0 Å². The molecule has 0 aliphatic carbocycles. The topological polar surface area (TPSA) is 79.0 Å². The molecule has 0 amide bonds. The average Bonchev–Trinajstić information content (AvgIpc) is 1.63. The predicted octanol–water partition coefficient (Wildman–Crippen LogP) is 0.359. The van der Waals surface area contributed by atoms with Crippen LogP contribution >= 0.6 is 0 Å². The van der Waals surface area contributed by atoms with Crippen LogP contribution in [-0.4, -0.2) is 10.9 Å².